The van der Waals surface area contributed by atoms with Crippen molar-refractivity contribution in [3.05, 3.63) is 82.9 Å². The van der Waals surface area contributed by atoms with Gasteiger partial charge in [-0.1, -0.05) is 55.5 Å². The fourth-order valence-electron chi connectivity index (χ4n) is 2.82. The number of benzene rings is 2. The monoisotopic (exact) mass is 406 g/mol. The number of para-hydroxylation sites is 1. The van der Waals surface area contributed by atoms with Gasteiger partial charge in [0.25, 0.3) is 0 Å². The van der Waals surface area contributed by atoms with Gasteiger partial charge in [0.2, 0.25) is 5.91 Å². The molecular weight excluding hydrogens is 384 g/mol. The van der Waals surface area contributed by atoms with E-state index in [0.717, 1.165) is 23.2 Å². The summed E-state index contributed by atoms with van der Waals surface area (Å²) in [6, 6.07) is 17.3. The topological polar surface area (TPSA) is 59.5 Å². The van der Waals surface area contributed by atoms with Crippen LogP contribution in [0.15, 0.2) is 66.1 Å². The number of anilines is 2. The number of carbonyl (C=O) groups is 2. The van der Waals surface area contributed by atoms with Gasteiger partial charge < -0.3 is 4.74 Å². The number of hydrogen-bond acceptors (Lipinski definition) is 5. The standard InChI is InChI=1S/C23H22N2O3S/c1-3-19-11-7-8-12-21(19)25(17(2)26)23-24-20(16-29-23)15-28-22(27)14-13-18-9-5-4-6-10-18/h4-14,16H,3,15H2,1-2H3/b14-13+. The zero-order chi connectivity index (χ0) is 20.6. The molecule has 3 rings (SSSR count). The van der Waals surface area contributed by atoms with Crippen LogP contribution in [0.3, 0.4) is 0 Å². The molecule has 2 aromatic carbocycles. The fraction of sp³-hybridized carbons (Fsp3) is 0.174. The maximum absolute atomic E-state index is 12.3. The molecule has 1 heterocycles. The van der Waals surface area contributed by atoms with Crippen molar-refractivity contribution >= 4 is 40.1 Å². The second-order valence-electron chi connectivity index (χ2n) is 6.31. The minimum atomic E-state index is -0.442. The second kappa shape index (κ2) is 9.80. The summed E-state index contributed by atoms with van der Waals surface area (Å²) in [5.74, 6) is -0.558. The van der Waals surface area contributed by atoms with E-state index in [1.807, 2.05) is 61.5 Å². The first-order chi connectivity index (χ1) is 14.1. The van der Waals surface area contributed by atoms with Crippen LogP contribution in [0.1, 0.15) is 30.7 Å². The van der Waals surface area contributed by atoms with Crippen LogP contribution in [-0.4, -0.2) is 16.9 Å². The lowest BCUT2D eigenvalue weighted by Gasteiger charge is -2.20. The Kier molecular flexibility index (Phi) is 6.92. The van der Waals surface area contributed by atoms with Crippen molar-refractivity contribution in [3.63, 3.8) is 0 Å². The summed E-state index contributed by atoms with van der Waals surface area (Å²) in [5.41, 5.74) is 3.42. The molecule has 6 heteroatoms. The van der Waals surface area contributed by atoms with Gasteiger partial charge in [0.05, 0.1) is 11.4 Å². The van der Waals surface area contributed by atoms with Crippen molar-refractivity contribution in [2.75, 3.05) is 4.90 Å². The Hall–Kier alpha value is -3.25. The predicted molar refractivity (Wildman–Crippen MR) is 116 cm³/mol. The zero-order valence-electron chi connectivity index (χ0n) is 16.4. The van der Waals surface area contributed by atoms with E-state index in [2.05, 4.69) is 4.98 Å². The van der Waals surface area contributed by atoms with E-state index in [1.54, 1.807) is 16.4 Å². The number of hydrogen-bond donors (Lipinski definition) is 0. The van der Waals surface area contributed by atoms with Crippen LogP contribution in [0.25, 0.3) is 6.08 Å². The van der Waals surface area contributed by atoms with E-state index in [-0.39, 0.29) is 12.5 Å². The van der Waals surface area contributed by atoms with Crippen molar-refractivity contribution in [2.24, 2.45) is 0 Å². The third-order valence-corrected chi connectivity index (χ3v) is 5.11. The first kappa shape index (κ1) is 20.5. The molecule has 1 aromatic heterocycles. The normalized spacial score (nSPS) is 10.8. The molecule has 0 saturated heterocycles. The molecule has 0 atom stereocenters. The van der Waals surface area contributed by atoms with Crippen LogP contribution in [0.5, 0.6) is 0 Å². The highest BCUT2D eigenvalue weighted by Gasteiger charge is 2.20. The predicted octanol–water partition coefficient (Wildman–Crippen LogP) is 5.15. The van der Waals surface area contributed by atoms with Gasteiger partial charge >= 0.3 is 5.97 Å². The number of aromatic nitrogens is 1. The summed E-state index contributed by atoms with van der Waals surface area (Å²) in [6.45, 7) is 3.62. The van der Waals surface area contributed by atoms with Crippen molar-refractivity contribution in [1.82, 2.24) is 4.98 Å². The lowest BCUT2D eigenvalue weighted by Crippen LogP contribution is -2.23. The van der Waals surface area contributed by atoms with Crippen LogP contribution < -0.4 is 4.90 Å². The largest absolute Gasteiger partial charge is 0.456 e. The summed E-state index contributed by atoms with van der Waals surface area (Å²) in [7, 11) is 0. The van der Waals surface area contributed by atoms with Crippen LogP contribution in [0, 0.1) is 0 Å². The molecule has 29 heavy (non-hydrogen) atoms. The highest BCUT2D eigenvalue weighted by Crippen LogP contribution is 2.31. The van der Waals surface area contributed by atoms with E-state index >= 15 is 0 Å². The number of nitrogens with zero attached hydrogens (tertiary/aromatic N) is 2. The highest BCUT2D eigenvalue weighted by atomic mass is 32.1. The molecule has 3 aromatic rings. The summed E-state index contributed by atoms with van der Waals surface area (Å²) >= 11 is 1.35. The molecule has 148 valence electrons. The molecule has 0 aliphatic rings. The highest BCUT2D eigenvalue weighted by molar-refractivity contribution is 7.14. The number of carbonyl (C=O) groups excluding carboxylic acids is 2. The zero-order valence-corrected chi connectivity index (χ0v) is 17.2. The van der Waals surface area contributed by atoms with Gasteiger partial charge in [0.15, 0.2) is 5.13 Å². The Morgan fingerprint density at radius 1 is 1.10 bits per heavy atom. The Balaban J connectivity index is 1.68. The average molecular weight is 407 g/mol. The Bertz CT molecular complexity index is 1010. The van der Waals surface area contributed by atoms with Gasteiger partial charge in [0.1, 0.15) is 6.61 Å². The van der Waals surface area contributed by atoms with Crippen molar-refractivity contribution in [1.29, 1.82) is 0 Å². The number of esters is 1. The van der Waals surface area contributed by atoms with Crippen LogP contribution in [0.4, 0.5) is 10.8 Å². The van der Waals surface area contributed by atoms with Gasteiger partial charge in [-0.3, -0.25) is 9.69 Å². The number of thiazole rings is 1. The van der Waals surface area contributed by atoms with Crippen LogP contribution in [-0.2, 0) is 27.4 Å². The molecule has 5 nitrogen and oxygen atoms in total. The summed E-state index contributed by atoms with van der Waals surface area (Å²) in [5, 5.41) is 2.36. The Labute approximate surface area is 174 Å². The second-order valence-corrected chi connectivity index (χ2v) is 7.15. The number of aryl methyl sites for hydroxylation is 1. The maximum Gasteiger partial charge on any atom is 0.331 e. The molecular formula is C23H22N2O3S. The van der Waals surface area contributed by atoms with E-state index in [1.165, 1.54) is 24.3 Å². The van der Waals surface area contributed by atoms with E-state index in [9.17, 15) is 9.59 Å². The molecule has 0 radical (unpaired) electrons. The SMILES string of the molecule is CCc1ccccc1N(C(C)=O)c1nc(COC(=O)/C=C/c2ccccc2)cs1. The third-order valence-electron chi connectivity index (χ3n) is 4.23. The van der Waals surface area contributed by atoms with Crippen molar-refractivity contribution < 1.29 is 14.3 Å². The quantitative estimate of drug-likeness (QED) is 0.402. The maximum atomic E-state index is 12.3. The smallest absolute Gasteiger partial charge is 0.331 e. The lowest BCUT2D eigenvalue weighted by atomic mass is 10.1. The van der Waals surface area contributed by atoms with Crippen molar-refractivity contribution in [2.45, 2.75) is 26.9 Å². The third kappa shape index (κ3) is 5.39. The molecule has 0 aliphatic heterocycles. The fourth-order valence-corrected chi connectivity index (χ4v) is 3.69. The lowest BCUT2D eigenvalue weighted by molar-refractivity contribution is -0.139. The first-order valence-electron chi connectivity index (χ1n) is 9.31. The number of amides is 1. The molecule has 0 N–H and O–H groups in total. The van der Waals surface area contributed by atoms with Gasteiger partial charge in [-0.15, -0.1) is 11.3 Å². The van der Waals surface area contributed by atoms with Gasteiger partial charge in [-0.25, -0.2) is 9.78 Å². The van der Waals surface area contributed by atoms with Gasteiger partial charge in [-0.05, 0) is 29.7 Å². The minimum Gasteiger partial charge on any atom is -0.456 e. The minimum absolute atomic E-state index is 0.0512. The molecule has 0 spiro atoms. The van der Waals surface area contributed by atoms with E-state index in [4.69, 9.17) is 4.74 Å². The van der Waals surface area contributed by atoms with Gasteiger partial charge in [0, 0.05) is 18.4 Å². The average Bonchev–Trinajstić information content (AvgIpc) is 3.20. The summed E-state index contributed by atoms with van der Waals surface area (Å²) in [6.07, 6.45) is 3.90. The summed E-state index contributed by atoms with van der Waals surface area (Å²) in [4.78, 5) is 30.3. The molecule has 0 aliphatic carbocycles. The molecule has 0 fully saturated rings. The molecule has 0 bridgehead atoms. The summed E-state index contributed by atoms with van der Waals surface area (Å²) < 4.78 is 5.27. The van der Waals surface area contributed by atoms with Gasteiger partial charge in [-0.2, -0.15) is 0 Å². The van der Waals surface area contributed by atoms with E-state index in [0.29, 0.717) is 10.8 Å². The molecule has 1 amide bonds. The molecule has 0 unspecified atom stereocenters. The van der Waals surface area contributed by atoms with Crippen LogP contribution >= 0.6 is 11.3 Å². The number of ether oxygens (including phenoxy) is 1. The Morgan fingerprint density at radius 3 is 2.55 bits per heavy atom. The Morgan fingerprint density at radius 2 is 1.83 bits per heavy atom. The first-order valence-corrected chi connectivity index (χ1v) is 10.2. The molecule has 0 saturated carbocycles. The number of rotatable bonds is 7. The van der Waals surface area contributed by atoms with E-state index < -0.39 is 5.97 Å². The van der Waals surface area contributed by atoms with Crippen LogP contribution in [0.2, 0.25) is 0 Å². The van der Waals surface area contributed by atoms with Crippen molar-refractivity contribution in [3.8, 4) is 0 Å².